The number of likely N-dealkylation sites (tertiary alicyclic amines) is 2. The van der Waals surface area contributed by atoms with Crippen LogP contribution >= 0.6 is 0 Å². The Labute approximate surface area is 157 Å². The van der Waals surface area contributed by atoms with E-state index in [0.717, 1.165) is 25.5 Å². The largest absolute Gasteiger partial charge is 0.341 e. The Morgan fingerprint density at radius 3 is 1.73 bits per heavy atom. The number of sulfone groups is 1. The highest BCUT2D eigenvalue weighted by Gasteiger charge is 2.62. The number of rotatable bonds is 4. The lowest BCUT2D eigenvalue weighted by Crippen LogP contribution is -2.50. The molecule has 0 aromatic carbocycles. The van der Waals surface area contributed by atoms with Crippen LogP contribution in [0.5, 0.6) is 0 Å². The van der Waals surface area contributed by atoms with Crippen molar-refractivity contribution in [1.82, 2.24) is 9.80 Å². The molecule has 3 aliphatic rings. The van der Waals surface area contributed by atoms with Crippen LogP contribution in [-0.4, -0.2) is 67.2 Å². The lowest BCUT2D eigenvalue weighted by atomic mass is 9.71. The first-order valence-corrected chi connectivity index (χ1v) is 11.4. The summed E-state index contributed by atoms with van der Waals surface area (Å²) in [6, 6.07) is 0. The van der Waals surface area contributed by atoms with Gasteiger partial charge in [-0.05, 0) is 33.1 Å². The molecule has 0 N–H and O–H groups in total. The smallest absolute Gasteiger partial charge is 0.243 e. The third kappa shape index (κ3) is 2.60. The number of amides is 2. The van der Waals surface area contributed by atoms with Crippen LogP contribution in [-0.2, 0) is 19.4 Å². The number of hydrogen-bond donors (Lipinski definition) is 0. The third-order valence-corrected chi connectivity index (χ3v) is 9.65. The van der Waals surface area contributed by atoms with Gasteiger partial charge in [-0.2, -0.15) is 0 Å². The zero-order valence-corrected chi connectivity index (χ0v) is 17.7. The molecule has 26 heavy (non-hydrogen) atoms. The van der Waals surface area contributed by atoms with Gasteiger partial charge in [0, 0.05) is 48.7 Å². The van der Waals surface area contributed by atoms with Crippen molar-refractivity contribution >= 4 is 21.7 Å². The minimum absolute atomic E-state index is 0.140. The average Bonchev–Trinajstić information content (AvgIpc) is 3.21. The van der Waals surface area contributed by atoms with Crippen LogP contribution in [0.15, 0.2) is 0 Å². The first-order chi connectivity index (χ1) is 11.7. The van der Waals surface area contributed by atoms with Gasteiger partial charge in [0.2, 0.25) is 11.8 Å². The Morgan fingerprint density at radius 2 is 1.38 bits per heavy atom. The zero-order chi connectivity index (χ0) is 19.8. The molecule has 2 amide bonds. The van der Waals surface area contributed by atoms with Gasteiger partial charge >= 0.3 is 0 Å². The quantitative estimate of drug-likeness (QED) is 0.739. The molecule has 3 fully saturated rings. The highest BCUT2D eigenvalue weighted by molar-refractivity contribution is 7.92. The summed E-state index contributed by atoms with van der Waals surface area (Å²) >= 11 is 0. The predicted octanol–water partition coefficient (Wildman–Crippen LogP) is 1.70. The molecule has 0 aromatic heterocycles. The molecule has 0 radical (unpaired) electrons. The summed E-state index contributed by atoms with van der Waals surface area (Å²) in [5.41, 5.74) is -0.537. The molecule has 6 nitrogen and oxygen atoms in total. The Hall–Kier alpha value is -1.11. The number of carbonyl (C=O) groups is 2. The Morgan fingerprint density at radius 1 is 0.962 bits per heavy atom. The van der Waals surface area contributed by atoms with Crippen LogP contribution in [0.2, 0.25) is 0 Å². The summed E-state index contributed by atoms with van der Waals surface area (Å²) in [6.07, 6.45) is 3.98. The van der Waals surface area contributed by atoms with Gasteiger partial charge in [-0.1, -0.05) is 20.8 Å². The molecule has 7 heteroatoms. The summed E-state index contributed by atoms with van der Waals surface area (Å²) in [7, 11) is -3.50. The van der Waals surface area contributed by atoms with Gasteiger partial charge in [-0.3, -0.25) is 9.59 Å². The number of fused-ring (bicyclic) bond motifs is 1. The zero-order valence-electron chi connectivity index (χ0n) is 16.9. The van der Waals surface area contributed by atoms with E-state index in [-0.39, 0.29) is 28.1 Å². The molecule has 2 atom stereocenters. The summed E-state index contributed by atoms with van der Waals surface area (Å²) in [4.78, 5) is 29.6. The van der Waals surface area contributed by atoms with E-state index in [1.165, 1.54) is 13.8 Å². The fraction of sp³-hybridized carbons (Fsp3) is 0.895. The van der Waals surface area contributed by atoms with E-state index in [1.807, 2.05) is 4.90 Å². The Bertz CT molecular complexity index is 736. The Balaban J connectivity index is 1.78. The standard InChI is InChI=1S/C19H32N2O4S/c1-7-19(8-9-19)15(23)21-12-17(4)10-20(11-18(17,5)13-21)14(22)16(2,3)26(6,24)25/h7-13H2,1-6H3/t17-,18+. The molecule has 2 heterocycles. The van der Waals surface area contributed by atoms with Gasteiger partial charge in [-0.15, -0.1) is 0 Å². The van der Waals surface area contributed by atoms with Crippen molar-refractivity contribution in [2.75, 3.05) is 32.4 Å². The van der Waals surface area contributed by atoms with Gasteiger partial charge in [0.05, 0.1) is 0 Å². The predicted molar refractivity (Wildman–Crippen MR) is 100 cm³/mol. The van der Waals surface area contributed by atoms with Crippen LogP contribution in [0.3, 0.4) is 0 Å². The van der Waals surface area contributed by atoms with Gasteiger partial charge in [-0.25, -0.2) is 8.42 Å². The second-order valence-electron chi connectivity index (χ2n) is 9.86. The second kappa shape index (κ2) is 5.46. The summed E-state index contributed by atoms with van der Waals surface area (Å²) in [5, 5.41) is 0. The van der Waals surface area contributed by atoms with Gasteiger partial charge in [0.15, 0.2) is 9.84 Å². The van der Waals surface area contributed by atoms with Crippen LogP contribution in [0.25, 0.3) is 0 Å². The number of nitrogens with zero attached hydrogens (tertiary/aromatic N) is 2. The van der Waals surface area contributed by atoms with Crippen molar-refractivity contribution in [3.05, 3.63) is 0 Å². The maximum atomic E-state index is 12.9. The normalized spacial score (nSPS) is 33.3. The summed E-state index contributed by atoms with van der Waals surface area (Å²) in [5.74, 6) is -0.0619. The highest BCUT2D eigenvalue weighted by atomic mass is 32.2. The van der Waals surface area contributed by atoms with E-state index in [9.17, 15) is 18.0 Å². The second-order valence-corrected chi connectivity index (χ2v) is 12.4. The summed E-state index contributed by atoms with van der Waals surface area (Å²) in [6.45, 7) is 11.6. The van der Waals surface area contributed by atoms with Crippen molar-refractivity contribution < 1.29 is 18.0 Å². The topological polar surface area (TPSA) is 74.8 Å². The van der Waals surface area contributed by atoms with E-state index in [0.29, 0.717) is 26.2 Å². The molecule has 3 rings (SSSR count). The molecule has 2 aliphatic heterocycles. The lowest BCUT2D eigenvalue weighted by Gasteiger charge is -2.31. The fourth-order valence-corrected chi connectivity index (χ4v) is 5.14. The molecular formula is C19H32N2O4S. The van der Waals surface area contributed by atoms with Gasteiger partial charge < -0.3 is 9.80 Å². The van der Waals surface area contributed by atoms with Crippen molar-refractivity contribution in [1.29, 1.82) is 0 Å². The first-order valence-electron chi connectivity index (χ1n) is 9.50. The van der Waals surface area contributed by atoms with Crippen LogP contribution < -0.4 is 0 Å². The molecule has 0 unspecified atom stereocenters. The average molecular weight is 385 g/mol. The molecule has 2 saturated heterocycles. The van der Waals surface area contributed by atoms with E-state index in [1.54, 1.807) is 4.90 Å². The molecule has 0 spiro atoms. The molecular weight excluding hydrogens is 352 g/mol. The van der Waals surface area contributed by atoms with Crippen LogP contribution in [0.4, 0.5) is 0 Å². The van der Waals surface area contributed by atoms with Crippen molar-refractivity contribution in [2.45, 2.75) is 58.6 Å². The lowest BCUT2D eigenvalue weighted by molar-refractivity contribution is -0.137. The van der Waals surface area contributed by atoms with Gasteiger partial charge in [0.25, 0.3) is 0 Å². The SMILES string of the molecule is CCC1(C(=O)N2C[C@@]3(C)CN(C(=O)C(C)(C)S(C)(=O)=O)C[C@@]3(C)C2)CC1. The Kier molecular flexibility index (Phi) is 4.12. The minimum atomic E-state index is -3.50. The van der Waals surface area contributed by atoms with E-state index in [4.69, 9.17) is 0 Å². The molecule has 0 aromatic rings. The maximum absolute atomic E-state index is 12.9. The number of hydrogen-bond acceptors (Lipinski definition) is 4. The van der Waals surface area contributed by atoms with Crippen LogP contribution in [0.1, 0.15) is 53.9 Å². The molecule has 1 saturated carbocycles. The van der Waals surface area contributed by atoms with E-state index >= 15 is 0 Å². The van der Waals surface area contributed by atoms with Gasteiger partial charge in [0.1, 0.15) is 4.75 Å². The van der Waals surface area contributed by atoms with E-state index < -0.39 is 14.6 Å². The van der Waals surface area contributed by atoms with Crippen molar-refractivity contribution in [3.63, 3.8) is 0 Å². The van der Waals surface area contributed by atoms with Crippen molar-refractivity contribution in [2.24, 2.45) is 16.2 Å². The molecule has 1 aliphatic carbocycles. The fourth-order valence-electron chi connectivity index (χ4n) is 4.69. The monoisotopic (exact) mass is 384 g/mol. The highest BCUT2D eigenvalue weighted by Crippen LogP contribution is 2.56. The molecule has 148 valence electrons. The number of carbonyl (C=O) groups excluding carboxylic acids is 2. The maximum Gasteiger partial charge on any atom is 0.243 e. The van der Waals surface area contributed by atoms with Crippen LogP contribution in [0, 0.1) is 16.2 Å². The third-order valence-electron chi connectivity index (χ3n) is 7.62. The van der Waals surface area contributed by atoms with Crippen molar-refractivity contribution in [3.8, 4) is 0 Å². The van der Waals surface area contributed by atoms with E-state index in [2.05, 4.69) is 20.8 Å². The minimum Gasteiger partial charge on any atom is -0.341 e. The summed E-state index contributed by atoms with van der Waals surface area (Å²) < 4.78 is 22.7. The first kappa shape index (κ1) is 19.6. The molecule has 0 bridgehead atoms.